The minimum atomic E-state index is -0.188. The summed E-state index contributed by atoms with van der Waals surface area (Å²) in [6.07, 6.45) is 6.99. The number of hydrogen-bond acceptors (Lipinski definition) is 4. The molecule has 1 unspecified atom stereocenters. The molecule has 0 aromatic heterocycles. The Morgan fingerprint density at radius 1 is 1.27 bits per heavy atom. The van der Waals surface area contributed by atoms with Gasteiger partial charge in [-0.15, -0.1) is 5.11 Å². The van der Waals surface area contributed by atoms with Gasteiger partial charge in [-0.3, -0.25) is 0 Å². The lowest BCUT2D eigenvalue weighted by atomic mass is 9.92. The molecule has 114 valence electrons. The van der Waals surface area contributed by atoms with E-state index in [1.165, 1.54) is 22.3 Å². The van der Waals surface area contributed by atoms with Crippen molar-refractivity contribution in [3.05, 3.63) is 51.5 Å². The molecule has 0 saturated heterocycles. The molecule has 22 heavy (non-hydrogen) atoms. The molecule has 0 saturated carbocycles. The molecule has 1 aromatic rings. The molecular formula is C17H21N5. The van der Waals surface area contributed by atoms with Gasteiger partial charge < -0.3 is 16.5 Å². The van der Waals surface area contributed by atoms with Gasteiger partial charge in [0.15, 0.2) is 6.17 Å². The lowest BCUT2D eigenvalue weighted by Crippen LogP contribution is -2.37. The Hall–Kier alpha value is -2.56. The number of nitrogens with one attached hydrogen (secondary N) is 2. The van der Waals surface area contributed by atoms with E-state index in [9.17, 15) is 0 Å². The molecule has 0 bridgehead atoms. The number of nitrogens with zero attached hydrogens (tertiary/aromatic N) is 2. The van der Waals surface area contributed by atoms with Gasteiger partial charge in [0.2, 0.25) is 0 Å². The van der Waals surface area contributed by atoms with Gasteiger partial charge >= 0.3 is 0 Å². The average molecular weight is 295 g/mol. The molecule has 2 heterocycles. The first-order chi connectivity index (χ1) is 10.7. The third-order valence-electron chi connectivity index (χ3n) is 4.26. The maximum absolute atomic E-state index is 5.11. The van der Waals surface area contributed by atoms with E-state index < -0.39 is 0 Å². The number of benzene rings is 1. The van der Waals surface area contributed by atoms with Crippen LogP contribution in [0.4, 0.5) is 0 Å². The van der Waals surface area contributed by atoms with E-state index in [-0.39, 0.29) is 6.17 Å². The number of dihydropyridines is 1. The van der Waals surface area contributed by atoms with Crippen LogP contribution in [0.15, 0.2) is 45.9 Å². The van der Waals surface area contributed by atoms with Crippen molar-refractivity contribution in [1.82, 2.24) is 10.6 Å². The highest BCUT2D eigenvalue weighted by Crippen LogP contribution is 2.27. The zero-order chi connectivity index (χ0) is 15.5. The molecule has 5 heteroatoms. The zero-order valence-electron chi connectivity index (χ0n) is 12.9. The molecule has 0 aliphatic carbocycles. The van der Waals surface area contributed by atoms with Crippen molar-refractivity contribution in [2.24, 2.45) is 16.2 Å². The fraction of sp³-hybridized carbons (Fsp3) is 0.294. The summed E-state index contributed by atoms with van der Waals surface area (Å²) in [7, 11) is 0. The molecule has 2 aliphatic rings. The SMILES string of the molecule is CCC1=C(C)C(c2ccc3c(c2)=CNC(N=NN)C=3)=CNC1. The Morgan fingerprint density at radius 2 is 2.14 bits per heavy atom. The van der Waals surface area contributed by atoms with Crippen LogP contribution >= 0.6 is 0 Å². The first-order valence-electron chi connectivity index (χ1n) is 7.54. The number of hydrogen-bond donors (Lipinski definition) is 3. The van der Waals surface area contributed by atoms with Crippen molar-refractivity contribution in [3.8, 4) is 0 Å². The fourth-order valence-corrected chi connectivity index (χ4v) is 2.95. The standard InChI is InChI=1S/C17H21N5/c1-3-12-8-19-10-16(11(12)2)14-5-4-13-7-17(21-22-18)20-9-15(13)6-14/h4-7,9-10,17,19-20H,3,8H2,1-2H3,(H2,18,21). The van der Waals surface area contributed by atoms with Gasteiger partial charge in [0.25, 0.3) is 0 Å². The van der Waals surface area contributed by atoms with Gasteiger partial charge in [-0.2, -0.15) is 0 Å². The second-order valence-corrected chi connectivity index (χ2v) is 5.52. The Kier molecular flexibility index (Phi) is 3.96. The third kappa shape index (κ3) is 2.62. The summed E-state index contributed by atoms with van der Waals surface area (Å²) in [4.78, 5) is 0. The Morgan fingerprint density at radius 3 is 2.91 bits per heavy atom. The smallest absolute Gasteiger partial charge is 0.161 e. The van der Waals surface area contributed by atoms with Gasteiger partial charge in [0.05, 0.1) is 0 Å². The van der Waals surface area contributed by atoms with Gasteiger partial charge in [-0.05, 0) is 52.6 Å². The monoisotopic (exact) mass is 295 g/mol. The second-order valence-electron chi connectivity index (χ2n) is 5.52. The van der Waals surface area contributed by atoms with Crippen LogP contribution in [0, 0.1) is 0 Å². The molecule has 2 aliphatic heterocycles. The maximum atomic E-state index is 5.11. The van der Waals surface area contributed by atoms with Gasteiger partial charge in [0, 0.05) is 24.5 Å². The van der Waals surface area contributed by atoms with Gasteiger partial charge in [-0.1, -0.05) is 24.3 Å². The van der Waals surface area contributed by atoms with E-state index in [0.29, 0.717) is 0 Å². The van der Waals surface area contributed by atoms with Crippen molar-refractivity contribution in [1.29, 1.82) is 0 Å². The number of allylic oxidation sites excluding steroid dienone is 2. The Balaban J connectivity index is 2.01. The zero-order valence-corrected chi connectivity index (χ0v) is 12.9. The van der Waals surface area contributed by atoms with E-state index in [0.717, 1.165) is 23.4 Å². The number of fused-ring (bicyclic) bond motifs is 1. The molecule has 0 fully saturated rings. The lowest BCUT2D eigenvalue weighted by molar-refractivity contribution is 0.725. The summed E-state index contributed by atoms with van der Waals surface area (Å²) in [5.74, 6) is 5.11. The highest BCUT2D eigenvalue weighted by Gasteiger charge is 2.13. The molecule has 3 rings (SSSR count). The van der Waals surface area contributed by atoms with Crippen LogP contribution in [-0.2, 0) is 0 Å². The normalized spacial score (nSPS) is 20.5. The van der Waals surface area contributed by atoms with Crippen LogP contribution in [0.1, 0.15) is 25.8 Å². The van der Waals surface area contributed by atoms with Crippen molar-refractivity contribution < 1.29 is 0 Å². The molecular weight excluding hydrogens is 274 g/mol. The molecule has 0 amide bonds. The topological polar surface area (TPSA) is 74.8 Å². The molecule has 5 nitrogen and oxygen atoms in total. The second kappa shape index (κ2) is 6.05. The summed E-state index contributed by atoms with van der Waals surface area (Å²) >= 11 is 0. The summed E-state index contributed by atoms with van der Waals surface area (Å²) in [5, 5.41) is 16.1. The van der Waals surface area contributed by atoms with Crippen LogP contribution in [0.2, 0.25) is 0 Å². The molecule has 1 aromatic carbocycles. The van der Waals surface area contributed by atoms with Gasteiger partial charge in [-0.25, -0.2) is 0 Å². The predicted octanol–water partition coefficient (Wildman–Crippen LogP) is 1.13. The van der Waals surface area contributed by atoms with Gasteiger partial charge in [0.1, 0.15) is 0 Å². The average Bonchev–Trinajstić information content (AvgIpc) is 2.55. The number of rotatable bonds is 3. The van der Waals surface area contributed by atoms with Crippen LogP contribution in [-0.4, -0.2) is 12.7 Å². The third-order valence-corrected chi connectivity index (χ3v) is 4.26. The van der Waals surface area contributed by atoms with E-state index in [1.54, 1.807) is 0 Å². The van der Waals surface area contributed by atoms with Crippen molar-refractivity contribution in [2.75, 3.05) is 6.54 Å². The summed E-state index contributed by atoms with van der Waals surface area (Å²) in [6, 6.07) is 6.47. The molecule has 0 radical (unpaired) electrons. The van der Waals surface area contributed by atoms with Crippen molar-refractivity contribution in [3.63, 3.8) is 0 Å². The molecule has 4 N–H and O–H groups in total. The predicted molar refractivity (Wildman–Crippen MR) is 89.6 cm³/mol. The van der Waals surface area contributed by atoms with E-state index >= 15 is 0 Å². The quantitative estimate of drug-likeness (QED) is 0.444. The fourth-order valence-electron chi connectivity index (χ4n) is 2.95. The first kappa shape index (κ1) is 14.4. The van der Waals surface area contributed by atoms with E-state index in [2.05, 4.69) is 59.2 Å². The minimum Gasteiger partial charge on any atom is -0.387 e. The largest absolute Gasteiger partial charge is 0.387 e. The Bertz CT molecular complexity index is 786. The van der Waals surface area contributed by atoms with Crippen LogP contribution in [0.5, 0.6) is 0 Å². The van der Waals surface area contributed by atoms with Crippen LogP contribution in [0.25, 0.3) is 17.8 Å². The van der Waals surface area contributed by atoms with Crippen molar-refractivity contribution >= 4 is 17.8 Å². The number of nitrogens with two attached hydrogens (primary N) is 1. The van der Waals surface area contributed by atoms with Crippen molar-refractivity contribution in [2.45, 2.75) is 26.4 Å². The van der Waals surface area contributed by atoms with Crippen LogP contribution < -0.4 is 26.9 Å². The lowest BCUT2D eigenvalue weighted by Gasteiger charge is -2.20. The molecule has 0 spiro atoms. The first-order valence-corrected chi connectivity index (χ1v) is 7.54. The summed E-state index contributed by atoms with van der Waals surface area (Å²) in [6.45, 7) is 5.36. The maximum Gasteiger partial charge on any atom is 0.161 e. The van der Waals surface area contributed by atoms with E-state index in [4.69, 9.17) is 5.84 Å². The van der Waals surface area contributed by atoms with Crippen LogP contribution in [0.3, 0.4) is 0 Å². The minimum absolute atomic E-state index is 0.188. The summed E-state index contributed by atoms with van der Waals surface area (Å²) in [5.41, 5.74) is 5.33. The van der Waals surface area contributed by atoms with E-state index in [1.807, 2.05) is 12.3 Å². The highest BCUT2D eigenvalue weighted by atomic mass is 15.3. The Labute approximate surface area is 130 Å². The molecule has 1 atom stereocenters. The highest BCUT2D eigenvalue weighted by molar-refractivity contribution is 5.80. The summed E-state index contributed by atoms with van der Waals surface area (Å²) < 4.78 is 0.